The first kappa shape index (κ1) is 19.9. The van der Waals surface area contributed by atoms with Crippen LogP contribution < -0.4 is 5.32 Å². The molecule has 1 amide bonds. The summed E-state index contributed by atoms with van der Waals surface area (Å²) in [4.78, 5) is 23.8. The van der Waals surface area contributed by atoms with Gasteiger partial charge in [0, 0.05) is 17.1 Å². The molecule has 0 aliphatic carbocycles. The molecule has 0 unspecified atom stereocenters. The fourth-order valence-electron chi connectivity index (χ4n) is 2.15. The van der Waals surface area contributed by atoms with E-state index in [1.165, 1.54) is 30.3 Å². The number of carbonyl (C=O) groups excluding carboxylic acids is 2. The fourth-order valence-corrected chi connectivity index (χ4v) is 3.52. The van der Waals surface area contributed by atoms with Crippen molar-refractivity contribution in [1.29, 1.82) is 0 Å². The maximum Gasteiger partial charge on any atom is 0.338 e. The van der Waals surface area contributed by atoms with Crippen LogP contribution in [0.25, 0.3) is 0 Å². The summed E-state index contributed by atoms with van der Waals surface area (Å²) >= 11 is 5.74. The second kappa shape index (κ2) is 8.82. The van der Waals surface area contributed by atoms with Crippen molar-refractivity contribution in [2.45, 2.75) is 18.2 Å². The molecular formula is C18H18ClNO5S. The molecule has 0 atom stereocenters. The molecule has 6 nitrogen and oxygen atoms in total. The number of hydrogen-bond acceptors (Lipinski definition) is 5. The van der Waals surface area contributed by atoms with E-state index >= 15 is 0 Å². The molecule has 0 aliphatic rings. The number of ether oxygens (including phenoxy) is 1. The van der Waals surface area contributed by atoms with Crippen LogP contribution in [-0.4, -0.2) is 32.7 Å². The molecule has 0 spiro atoms. The lowest BCUT2D eigenvalue weighted by molar-refractivity contribution is -0.115. The number of anilines is 1. The molecule has 2 rings (SSSR count). The Bertz CT molecular complexity index is 894. The minimum atomic E-state index is -3.59. The molecule has 0 saturated carbocycles. The fraction of sp³-hybridized carbons (Fsp3) is 0.222. The van der Waals surface area contributed by atoms with Crippen LogP contribution in [-0.2, 0) is 19.4 Å². The average molecular weight is 396 g/mol. The molecule has 0 saturated heterocycles. The summed E-state index contributed by atoms with van der Waals surface area (Å²) < 4.78 is 29.4. The Labute approximate surface area is 157 Å². The number of carbonyl (C=O) groups is 2. The second-order valence-electron chi connectivity index (χ2n) is 5.37. The Morgan fingerprint density at radius 1 is 1.12 bits per heavy atom. The van der Waals surface area contributed by atoms with Crippen molar-refractivity contribution in [2.24, 2.45) is 0 Å². The summed E-state index contributed by atoms with van der Waals surface area (Å²) in [7, 11) is -3.59. The summed E-state index contributed by atoms with van der Waals surface area (Å²) in [6.45, 7) is 1.95. The smallest absolute Gasteiger partial charge is 0.338 e. The number of sulfone groups is 1. The number of rotatable bonds is 7. The number of halogens is 1. The highest BCUT2D eigenvalue weighted by atomic mass is 35.5. The molecule has 0 fully saturated rings. The van der Waals surface area contributed by atoms with E-state index in [0.29, 0.717) is 16.3 Å². The zero-order valence-electron chi connectivity index (χ0n) is 14.1. The van der Waals surface area contributed by atoms with E-state index in [0.717, 1.165) is 0 Å². The molecule has 0 heterocycles. The Balaban J connectivity index is 1.97. The van der Waals surface area contributed by atoms with Crippen molar-refractivity contribution < 1.29 is 22.7 Å². The third-order valence-electron chi connectivity index (χ3n) is 3.43. The van der Waals surface area contributed by atoms with Crippen LogP contribution in [0.15, 0.2) is 53.4 Å². The number of amides is 1. The minimum absolute atomic E-state index is 0.110. The summed E-state index contributed by atoms with van der Waals surface area (Å²) in [5, 5.41) is 3.01. The van der Waals surface area contributed by atoms with Crippen LogP contribution in [0.2, 0.25) is 5.02 Å². The summed E-state index contributed by atoms with van der Waals surface area (Å²) in [5.41, 5.74) is 0.697. The molecule has 0 bridgehead atoms. The Morgan fingerprint density at radius 3 is 2.46 bits per heavy atom. The van der Waals surface area contributed by atoms with Gasteiger partial charge in [0.05, 0.1) is 22.8 Å². The van der Waals surface area contributed by atoms with Crippen LogP contribution in [0.1, 0.15) is 23.7 Å². The SMILES string of the molecule is CCOC(=O)c1cccc(NC(=O)CCS(=O)(=O)c2ccc(Cl)cc2)c1. The predicted octanol–water partition coefficient (Wildman–Crippen LogP) is 3.32. The number of nitrogens with one attached hydrogen (secondary N) is 1. The molecule has 0 aliphatic heterocycles. The maximum atomic E-state index is 12.2. The van der Waals surface area contributed by atoms with Crippen LogP contribution in [0.3, 0.4) is 0 Å². The Kier molecular flexibility index (Phi) is 6.76. The largest absolute Gasteiger partial charge is 0.462 e. The maximum absolute atomic E-state index is 12.2. The molecule has 2 aromatic rings. The zero-order chi connectivity index (χ0) is 19.2. The highest BCUT2D eigenvalue weighted by Gasteiger charge is 2.17. The van der Waals surface area contributed by atoms with Gasteiger partial charge in [0.15, 0.2) is 9.84 Å². The number of esters is 1. The van der Waals surface area contributed by atoms with Crippen molar-refractivity contribution in [3.05, 3.63) is 59.1 Å². The van der Waals surface area contributed by atoms with Gasteiger partial charge < -0.3 is 10.1 Å². The van der Waals surface area contributed by atoms with Crippen LogP contribution in [0, 0.1) is 0 Å². The van der Waals surface area contributed by atoms with Gasteiger partial charge in [-0.15, -0.1) is 0 Å². The van der Waals surface area contributed by atoms with Gasteiger partial charge in [-0.2, -0.15) is 0 Å². The first-order valence-corrected chi connectivity index (χ1v) is 9.90. The zero-order valence-corrected chi connectivity index (χ0v) is 15.6. The first-order chi connectivity index (χ1) is 12.3. The lowest BCUT2D eigenvalue weighted by Crippen LogP contribution is -2.17. The summed E-state index contributed by atoms with van der Waals surface area (Å²) in [5.74, 6) is -1.30. The van der Waals surface area contributed by atoms with Gasteiger partial charge in [0.2, 0.25) is 5.91 Å². The van der Waals surface area contributed by atoms with Crippen molar-refractivity contribution in [2.75, 3.05) is 17.7 Å². The molecule has 0 radical (unpaired) electrons. The molecule has 26 heavy (non-hydrogen) atoms. The summed E-state index contributed by atoms with van der Waals surface area (Å²) in [6.07, 6.45) is -0.214. The van der Waals surface area contributed by atoms with Crippen molar-refractivity contribution in [1.82, 2.24) is 0 Å². The van der Waals surface area contributed by atoms with Gasteiger partial charge >= 0.3 is 5.97 Å². The van der Waals surface area contributed by atoms with E-state index < -0.39 is 21.7 Å². The van der Waals surface area contributed by atoms with Crippen molar-refractivity contribution in [3.63, 3.8) is 0 Å². The number of hydrogen-bond donors (Lipinski definition) is 1. The lowest BCUT2D eigenvalue weighted by atomic mass is 10.2. The molecule has 8 heteroatoms. The number of benzene rings is 2. The molecule has 2 aromatic carbocycles. The van der Waals surface area contributed by atoms with Crippen molar-refractivity contribution in [3.8, 4) is 0 Å². The van der Waals surface area contributed by atoms with Crippen molar-refractivity contribution >= 4 is 39.0 Å². The van der Waals surface area contributed by atoms with E-state index in [9.17, 15) is 18.0 Å². The highest BCUT2D eigenvalue weighted by Crippen LogP contribution is 2.17. The van der Waals surface area contributed by atoms with Crippen LogP contribution in [0.4, 0.5) is 5.69 Å². The van der Waals surface area contributed by atoms with Gasteiger partial charge in [-0.3, -0.25) is 4.79 Å². The van der Waals surface area contributed by atoms with E-state index in [-0.39, 0.29) is 23.7 Å². The van der Waals surface area contributed by atoms with Gasteiger partial charge in [0.1, 0.15) is 0 Å². The molecule has 0 aromatic heterocycles. The van der Waals surface area contributed by atoms with Gasteiger partial charge in [-0.25, -0.2) is 13.2 Å². The van der Waals surface area contributed by atoms with Gasteiger partial charge in [-0.1, -0.05) is 17.7 Å². The van der Waals surface area contributed by atoms with E-state index in [1.54, 1.807) is 25.1 Å². The minimum Gasteiger partial charge on any atom is -0.462 e. The van der Waals surface area contributed by atoms with E-state index in [4.69, 9.17) is 16.3 Å². The standard InChI is InChI=1S/C18H18ClNO5S/c1-2-25-18(22)13-4-3-5-15(12-13)20-17(21)10-11-26(23,24)16-8-6-14(19)7-9-16/h3-9,12H,2,10-11H2,1H3,(H,20,21). The van der Waals surface area contributed by atoms with E-state index in [1.807, 2.05) is 0 Å². The average Bonchev–Trinajstić information content (AvgIpc) is 2.61. The molecule has 1 N–H and O–H groups in total. The Hall–Kier alpha value is -2.38. The summed E-state index contributed by atoms with van der Waals surface area (Å²) in [6, 6.07) is 12.0. The van der Waals surface area contributed by atoms with Crippen LogP contribution >= 0.6 is 11.6 Å². The van der Waals surface area contributed by atoms with Gasteiger partial charge in [-0.05, 0) is 49.4 Å². The third kappa shape index (κ3) is 5.57. The monoisotopic (exact) mass is 395 g/mol. The second-order valence-corrected chi connectivity index (χ2v) is 7.92. The normalized spacial score (nSPS) is 11.0. The molecular weight excluding hydrogens is 378 g/mol. The highest BCUT2D eigenvalue weighted by molar-refractivity contribution is 7.91. The first-order valence-electron chi connectivity index (χ1n) is 7.87. The topological polar surface area (TPSA) is 89.5 Å². The lowest BCUT2D eigenvalue weighted by Gasteiger charge is -2.08. The Morgan fingerprint density at radius 2 is 1.81 bits per heavy atom. The quantitative estimate of drug-likeness (QED) is 0.726. The van der Waals surface area contributed by atoms with Crippen LogP contribution in [0.5, 0.6) is 0 Å². The van der Waals surface area contributed by atoms with E-state index in [2.05, 4.69) is 5.32 Å². The van der Waals surface area contributed by atoms with Gasteiger partial charge in [0.25, 0.3) is 0 Å². The molecule has 138 valence electrons. The third-order valence-corrected chi connectivity index (χ3v) is 5.41. The predicted molar refractivity (Wildman–Crippen MR) is 99.2 cm³/mol.